The second kappa shape index (κ2) is 12.6. The van der Waals surface area contributed by atoms with E-state index in [1.807, 2.05) is 93.6 Å². The highest BCUT2D eigenvalue weighted by Crippen LogP contribution is 2.21. The van der Waals surface area contributed by atoms with Crippen molar-refractivity contribution in [3.8, 4) is 5.75 Å². The molecule has 3 aromatic rings. The Morgan fingerprint density at radius 3 is 2.17 bits per heavy atom. The molecule has 0 aromatic heterocycles. The van der Waals surface area contributed by atoms with E-state index in [1.54, 1.807) is 11.0 Å². The SMILES string of the molecule is CCc1ccc(OCC(=O)N(Cc2ccccc2Cl)[C@H](Cc2ccccc2)C(=O)NC(C)(C)C)cc1. The number of amides is 2. The Morgan fingerprint density at radius 1 is 0.917 bits per heavy atom. The molecule has 3 aromatic carbocycles. The van der Waals surface area contributed by atoms with Crippen LogP contribution in [0.3, 0.4) is 0 Å². The van der Waals surface area contributed by atoms with Gasteiger partial charge in [0, 0.05) is 23.5 Å². The first kappa shape index (κ1) is 27.3. The van der Waals surface area contributed by atoms with Gasteiger partial charge in [0.15, 0.2) is 6.61 Å². The lowest BCUT2D eigenvalue weighted by Gasteiger charge is -2.34. The summed E-state index contributed by atoms with van der Waals surface area (Å²) in [7, 11) is 0. The van der Waals surface area contributed by atoms with Crippen molar-refractivity contribution in [2.75, 3.05) is 6.61 Å². The third kappa shape index (κ3) is 8.13. The number of rotatable bonds is 10. The summed E-state index contributed by atoms with van der Waals surface area (Å²) < 4.78 is 5.84. The van der Waals surface area contributed by atoms with Crippen LogP contribution in [-0.4, -0.2) is 34.9 Å². The Hall–Kier alpha value is -3.31. The Morgan fingerprint density at radius 2 is 1.56 bits per heavy atom. The minimum Gasteiger partial charge on any atom is -0.484 e. The van der Waals surface area contributed by atoms with E-state index in [4.69, 9.17) is 16.3 Å². The number of halogens is 1. The van der Waals surface area contributed by atoms with Crippen molar-refractivity contribution in [2.45, 2.75) is 58.7 Å². The van der Waals surface area contributed by atoms with Gasteiger partial charge in [-0.25, -0.2) is 0 Å². The Labute approximate surface area is 219 Å². The van der Waals surface area contributed by atoms with E-state index in [0.29, 0.717) is 17.2 Å². The summed E-state index contributed by atoms with van der Waals surface area (Å²) in [5.74, 6) is 0.0931. The third-order valence-corrected chi connectivity index (χ3v) is 6.13. The van der Waals surface area contributed by atoms with E-state index in [2.05, 4.69) is 12.2 Å². The van der Waals surface area contributed by atoms with Gasteiger partial charge in [0.25, 0.3) is 5.91 Å². The molecule has 1 N–H and O–H groups in total. The Balaban J connectivity index is 1.92. The van der Waals surface area contributed by atoms with Crippen LogP contribution in [0, 0.1) is 0 Å². The van der Waals surface area contributed by atoms with Crippen molar-refractivity contribution in [1.29, 1.82) is 0 Å². The van der Waals surface area contributed by atoms with Crippen molar-refractivity contribution >= 4 is 23.4 Å². The van der Waals surface area contributed by atoms with E-state index >= 15 is 0 Å². The molecular weight excluding hydrogens is 472 g/mol. The lowest BCUT2D eigenvalue weighted by Crippen LogP contribution is -2.55. The highest BCUT2D eigenvalue weighted by atomic mass is 35.5. The summed E-state index contributed by atoms with van der Waals surface area (Å²) in [4.78, 5) is 28.8. The molecule has 36 heavy (non-hydrogen) atoms. The van der Waals surface area contributed by atoms with Crippen molar-refractivity contribution in [2.24, 2.45) is 0 Å². The lowest BCUT2D eigenvalue weighted by atomic mass is 10.0. The molecule has 0 unspecified atom stereocenters. The zero-order chi connectivity index (χ0) is 26.1. The van der Waals surface area contributed by atoms with Crippen molar-refractivity contribution < 1.29 is 14.3 Å². The smallest absolute Gasteiger partial charge is 0.261 e. The van der Waals surface area contributed by atoms with Gasteiger partial charge in [0.05, 0.1) is 0 Å². The quantitative estimate of drug-likeness (QED) is 0.376. The normalized spacial score (nSPS) is 12.0. The Kier molecular flexibility index (Phi) is 9.54. The molecule has 3 rings (SSSR count). The first-order valence-electron chi connectivity index (χ1n) is 12.3. The van der Waals surface area contributed by atoms with Gasteiger partial charge in [-0.15, -0.1) is 0 Å². The molecule has 190 valence electrons. The van der Waals surface area contributed by atoms with E-state index < -0.39 is 11.6 Å². The standard InChI is InChI=1S/C30H35ClN2O3/c1-5-22-15-17-25(18-16-22)36-21-28(34)33(20-24-13-9-10-14-26(24)31)27(29(35)32-30(2,3)4)19-23-11-7-6-8-12-23/h6-18,27H,5,19-21H2,1-4H3,(H,32,35)/t27-/m1/s1. The van der Waals surface area contributed by atoms with Crippen LogP contribution in [0.25, 0.3) is 0 Å². The van der Waals surface area contributed by atoms with E-state index in [1.165, 1.54) is 5.56 Å². The molecule has 0 aliphatic heterocycles. The summed E-state index contributed by atoms with van der Waals surface area (Å²) in [6.45, 7) is 7.85. The molecule has 0 heterocycles. The van der Waals surface area contributed by atoms with Gasteiger partial charge in [0.2, 0.25) is 5.91 Å². The molecule has 0 spiro atoms. The predicted molar refractivity (Wildman–Crippen MR) is 145 cm³/mol. The summed E-state index contributed by atoms with van der Waals surface area (Å²) in [5, 5.41) is 3.60. The molecule has 0 fully saturated rings. The summed E-state index contributed by atoms with van der Waals surface area (Å²) in [5.41, 5.74) is 2.46. The molecule has 0 radical (unpaired) electrons. The van der Waals surface area contributed by atoms with Gasteiger partial charge in [-0.1, -0.05) is 79.2 Å². The zero-order valence-electron chi connectivity index (χ0n) is 21.5. The lowest BCUT2D eigenvalue weighted by molar-refractivity contribution is -0.143. The summed E-state index contributed by atoms with van der Waals surface area (Å²) in [6, 6.07) is 24.0. The highest BCUT2D eigenvalue weighted by molar-refractivity contribution is 6.31. The van der Waals surface area contributed by atoms with Crippen molar-refractivity contribution in [3.05, 3.63) is 101 Å². The van der Waals surface area contributed by atoms with Crippen LogP contribution < -0.4 is 10.1 Å². The largest absolute Gasteiger partial charge is 0.484 e. The van der Waals surface area contributed by atoms with Crippen LogP contribution in [0.5, 0.6) is 5.75 Å². The molecule has 0 aliphatic rings. The highest BCUT2D eigenvalue weighted by Gasteiger charge is 2.32. The van der Waals surface area contributed by atoms with Crippen LogP contribution in [0.1, 0.15) is 44.4 Å². The summed E-state index contributed by atoms with van der Waals surface area (Å²) in [6.07, 6.45) is 1.29. The molecule has 6 heteroatoms. The number of hydrogen-bond acceptors (Lipinski definition) is 3. The molecule has 0 saturated heterocycles. The first-order valence-corrected chi connectivity index (χ1v) is 12.6. The molecule has 2 amide bonds. The number of nitrogens with zero attached hydrogens (tertiary/aromatic N) is 1. The predicted octanol–water partition coefficient (Wildman–Crippen LogP) is 5.84. The van der Waals surface area contributed by atoms with Crippen LogP contribution in [-0.2, 0) is 29.0 Å². The first-order chi connectivity index (χ1) is 17.2. The van der Waals surface area contributed by atoms with Gasteiger partial charge >= 0.3 is 0 Å². The number of nitrogens with one attached hydrogen (secondary N) is 1. The molecule has 0 bridgehead atoms. The number of hydrogen-bond donors (Lipinski definition) is 1. The monoisotopic (exact) mass is 506 g/mol. The molecule has 0 saturated carbocycles. The van der Waals surface area contributed by atoms with E-state index in [9.17, 15) is 9.59 Å². The van der Waals surface area contributed by atoms with Crippen LogP contribution in [0.15, 0.2) is 78.9 Å². The topological polar surface area (TPSA) is 58.6 Å². The average molecular weight is 507 g/mol. The van der Waals surface area contributed by atoms with Gasteiger partial charge in [0.1, 0.15) is 11.8 Å². The summed E-state index contributed by atoms with van der Waals surface area (Å²) >= 11 is 6.46. The van der Waals surface area contributed by atoms with Gasteiger partial charge in [-0.3, -0.25) is 9.59 Å². The maximum absolute atomic E-state index is 13.6. The van der Waals surface area contributed by atoms with Gasteiger partial charge < -0.3 is 15.0 Å². The molecule has 0 aliphatic carbocycles. The molecular formula is C30H35ClN2O3. The number of aryl methyl sites for hydroxylation is 1. The minimum atomic E-state index is -0.749. The number of benzene rings is 3. The fraction of sp³-hybridized carbons (Fsp3) is 0.333. The number of carbonyl (C=O) groups is 2. The maximum atomic E-state index is 13.6. The zero-order valence-corrected chi connectivity index (χ0v) is 22.2. The van der Waals surface area contributed by atoms with Gasteiger partial charge in [-0.05, 0) is 62.1 Å². The molecule has 5 nitrogen and oxygen atoms in total. The minimum absolute atomic E-state index is 0.186. The third-order valence-electron chi connectivity index (χ3n) is 5.76. The molecule has 1 atom stereocenters. The fourth-order valence-electron chi connectivity index (χ4n) is 3.87. The van der Waals surface area contributed by atoms with Gasteiger partial charge in [-0.2, -0.15) is 0 Å². The van der Waals surface area contributed by atoms with Crippen LogP contribution >= 0.6 is 11.6 Å². The maximum Gasteiger partial charge on any atom is 0.261 e. The van der Waals surface area contributed by atoms with E-state index in [0.717, 1.165) is 17.5 Å². The van der Waals surface area contributed by atoms with Crippen molar-refractivity contribution in [3.63, 3.8) is 0 Å². The number of ether oxygens (including phenoxy) is 1. The second-order valence-electron chi connectivity index (χ2n) is 9.84. The van der Waals surface area contributed by atoms with Crippen LogP contribution in [0.2, 0.25) is 5.02 Å². The van der Waals surface area contributed by atoms with E-state index in [-0.39, 0.29) is 25.0 Å². The average Bonchev–Trinajstić information content (AvgIpc) is 2.85. The van der Waals surface area contributed by atoms with Crippen LogP contribution in [0.4, 0.5) is 0 Å². The number of carbonyl (C=O) groups excluding carboxylic acids is 2. The van der Waals surface area contributed by atoms with Crippen molar-refractivity contribution in [1.82, 2.24) is 10.2 Å². The fourth-order valence-corrected chi connectivity index (χ4v) is 4.06. The Bertz CT molecular complexity index is 1140. The second-order valence-corrected chi connectivity index (χ2v) is 10.3.